The number of amides is 2. The lowest BCUT2D eigenvalue weighted by Crippen LogP contribution is -2.53. The Balaban J connectivity index is 1.19. The van der Waals surface area contributed by atoms with Crippen LogP contribution in [0.4, 0.5) is 4.79 Å². The molecule has 0 heterocycles. The summed E-state index contributed by atoms with van der Waals surface area (Å²) in [5, 5.41) is 15.0. The Morgan fingerprint density at radius 2 is 1.57 bits per heavy atom. The second-order valence-corrected chi connectivity index (χ2v) is 10.1. The van der Waals surface area contributed by atoms with Gasteiger partial charge < -0.3 is 20.5 Å². The Morgan fingerprint density at radius 3 is 2.11 bits per heavy atom. The van der Waals surface area contributed by atoms with Gasteiger partial charge in [0.25, 0.3) is 0 Å². The summed E-state index contributed by atoms with van der Waals surface area (Å²) < 4.78 is 5.64. The fraction of sp³-hybridized carbons (Fsp3) is 0.464. The molecule has 2 amide bonds. The Hall–Kier alpha value is -3.35. The van der Waals surface area contributed by atoms with Crippen molar-refractivity contribution in [2.75, 3.05) is 13.2 Å². The number of hydrogen-bond donors (Lipinski definition) is 3. The number of rotatable bonds is 10. The van der Waals surface area contributed by atoms with Crippen LogP contribution in [0.2, 0.25) is 0 Å². The van der Waals surface area contributed by atoms with Crippen molar-refractivity contribution in [1.29, 1.82) is 0 Å². The van der Waals surface area contributed by atoms with Gasteiger partial charge in [0, 0.05) is 12.5 Å². The molecule has 0 aliphatic heterocycles. The van der Waals surface area contributed by atoms with Crippen LogP contribution in [-0.2, 0) is 14.3 Å². The number of carboxylic acids is 1. The Labute approximate surface area is 205 Å². The van der Waals surface area contributed by atoms with Crippen molar-refractivity contribution in [1.82, 2.24) is 10.6 Å². The maximum Gasteiger partial charge on any atom is 0.407 e. The zero-order valence-corrected chi connectivity index (χ0v) is 19.7. The van der Waals surface area contributed by atoms with Gasteiger partial charge in [0.2, 0.25) is 5.91 Å². The molecule has 3 aliphatic rings. The van der Waals surface area contributed by atoms with E-state index in [1.54, 1.807) is 0 Å². The maximum atomic E-state index is 13.0. The molecule has 2 aromatic rings. The topological polar surface area (TPSA) is 105 Å². The minimum Gasteiger partial charge on any atom is -0.481 e. The first kappa shape index (κ1) is 23.4. The lowest BCUT2D eigenvalue weighted by molar-refractivity contribution is -0.142. The summed E-state index contributed by atoms with van der Waals surface area (Å²) in [6.07, 6.45) is 4.81. The van der Waals surface area contributed by atoms with Crippen molar-refractivity contribution in [3.63, 3.8) is 0 Å². The lowest BCUT2D eigenvalue weighted by Gasteiger charge is -2.33. The Morgan fingerprint density at radius 1 is 0.943 bits per heavy atom. The van der Waals surface area contributed by atoms with E-state index in [1.165, 1.54) is 0 Å². The molecule has 5 rings (SSSR count). The van der Waals surface area contributed by atoms with E-state index in [1.807, 2.05) is 24.3 Å². The molecule has 7 heteroatoms. The highest BCUT2D eigenvalue weighted by atomic mass is 16.5. The van der Waals surface area contributed by atoms with Crippen molar-refractivity contribution >= 4 is 18.0 Å². The molecule has 7 nitrogen and oxygen atoms in total. The van der Waals surface area contributed by atoms with Gasteiger partial charge in [-0.1, -0.05) is 67.8 Å². The lowest BCUT2D eigenvalue weighted by atomic mass is 9.79. The minimum atomic E-state index is -0.887. The summed E-state index contributed by atoms with van der Waals surface area (Å²) in [6.45, 7) is 0.265. The smallest absolute Gasteiger partial charge is 0.407 e. The third-order valence-corrected chi connectivity index (χ3v) is 7.71. The summed E-state index contributed by atoms with van der Waals surface area (Å²) in [7, 11) is 0. The highest BCUT2D eigenvalue weighted by Gasteiger charge is 2.36. The van der Waals surface area contributed by atoms with E-state index in [9.17, 15) is 19.5 Å². The molecule has 2 fully saturated rings. The van der Waals surface area contributed by atoms with Gasteiger partial charge in [-0.15, -0.1) is 0 Å². The molecule has 2 unspecified atom stereocenters. The van der Waals surface area contributed by atoms with Crippen molar-refractivity contribution in [2.45, 2.75) is 50.5 Å². The van der Waals surface area contributed by atoms with Crippen LogP contribution in [0, 0.1) is 17.8 Å². The fourth-order valence-electron chi connectivity index (χ4n) is 5.30. The van der Waals surface area contributed by atoms with Crippen LogP contribution in [0.5, 0.6) is 0 Å². The van der Waals surface area contributed by atoms with Crippen LogP contribution in [0.15, 0.2) is 48.5 Å². The van der Waals surface area contributed by atoms with Crippen molar-refractivity contribution in [2.24, 2.45) is 17.8 Å². The van der Waals surface area contributed by atoms with Gasteiger partial charge in [0.15, 0.2) is 0 Å². The van der Waals surface area contributed by atoms with Gasteiger partial charge in [-0.05, 0) is 53.4 Å². The second kappa shape index (κ2) is 10.1. The molecule has 0 radical (unpaired) electrons. The highest BCUT2D eigenvalue weighted by Crippen LogP contribution is 2.44. The number of hydrogen-bond acceptors (Lipinski definition) is 4. The molecule has 0 aromatic heterocycles. The van der Waals surface area contributed by atoms with E-state index in [-0.39, 0.29) is 30.9 Å². The largest absolute Gasteiger partial charge is 0.481 e. The average Bonchev–Trinajstić information content (AvgIpc) is 3.59. The summed E-state index contributed by atoms with van der Waals surface area (Å²) in [6, 6.07) is 15.6. The normalized spacial score (nSPS) is 18.5. The molecule has 0 spiro atoms. The minimum absolute atomic E-state index is 0.0437. The standard InChI is InChI=1S/C28H32N2O5/c31-26(29-15-19(27(32)33)14-17-12-13-17)25(18-6-5-7-18)30-28(34)35-16-24-22-10-3-1-8-20(22)21-9-2-4-11-23(21)24/h1-4,8-11,17-19,24-25H,5-7,12-16H2,(H,29,31)(H,30,34)(H,32,33). The first-order valence-electron chi connectivity index (χ1n) is 12.6. The van der Waals surface area contributed by atoms with E-state index in [4.69, 9.17) is 4.74 Å². The monoisotopic (exact) mass is 476 g/mol. The van der Waals surface area contributed by atoms with Crippen molar-refractivity contribution in [3.8, 4) is 11.1 Å². The second-order valence-electron chi connectivity index (χ2n) is 10.1. The summed E-state index contributed by atoms with van der Waals surface area (Å²) in [5.74, 6) is -1.37. The van der Waals surface area contributed by atoms with Gasteiger partial charge in [0.1, 0.15) is 12.6 Å². The van der Waals surface area contributed by atoms with E-state index >= 15 is 0 Å². The number of fused-ring (bicyclic) bond motifs is 3. The van der Waals surface area contributed by atoms with Gasteiger partial charge in [-0.2, -0.15) is 0 Å². The summed E-state index contributed by atoms with van der Waals surface area (Å²) >= 11 is 0. The highest BCUT2D eigenvalue weighted by molar-refractivity contribution is 5.86. The van der Waals surface area contributed by atoms with Gasteiger partial charge in [0.05, 0.1) is 5.92 Å². The van der Waals surface area contributed by atoms with Gasteiger partial charge >= 0.3 is 12.1 Å². The Bertz CT molecular complexity index is 1060. The zero-order chi connectivity index (χ0) is 24.4. The SMILES string of the molecule is O=C(NC(C(=O)NCC(CC1CC1)C(=O)O)C1CCC1)OCC1c2ccccc2-c2ccccc21. The molecule has 35 heavy (non-hydrogen) atoms. The van der Waals surface area contributed by atoms with Crippen molar-refractivity contribution in [3.05, 3.63) is 59.7 Å². The predicted octanol–water partition coefficient (Wildman–Crippen LogP) is 4.31. The third-order valence-electron chi connectivity index (χ3n) is 7.71. The molecule has 2 atom stereocenters. The van der Waals surface area contributed by atoms with Crippen molar-refractivity contribution < 1.29 is 24.2 Å². The number of carbonyl (C=O) groups is 3. The van der Waals surface area contributed by atoms with E-state index in [2.05, 4.69) is 34.9 Å². The molecule has 2 aromatic carbocycles. The fourth-order valence-corrected chi connectivity index (χ4v) is 5.30. The predicted molar refractivity (Wildman–Crippen MR) is 131 cm³/mol. The van der Waals surface area contributed by atoms with Crippen LogP contribution >= 0.6 is 0 Å². The first-order valence-corrected chi connectivity index (χ1v) is 12.6. The van der Waals surface area contributed by atoms with E-state index in [0.717, 1.165) is 54.4 Å². The quantitative estimate of drug-likeness (QED) is 0.474. The number of aliphatic carboxylic acids is 1. The van der Waals surface area contributed by atoms with Crippen LogP contribution in [-0.4, -0.2) is 42.3 Å². The van der Waals surface area contributed by atoms with Gasteiger partial charge in [-0.25, -0.2) is 4.79 Å². The van der Waals surface area contributed by atoms with E-state index in [0.29, 0.717) is 12.3 Å². The van der Waals surface area contributed by atoms with Crippen LogP contribution < -0.4 is 10.6 Å². The average molecular weight is 477 g/mol. The van der Waals surface area contributed by atoms with Crippen LogP contribution in [0.25, 0.3) is 11.1 Å². The molecule has 0 bridgehead atoms. The molecule has 3 aliphatic carbocycles. The van der Waals surface area contributed by atoms with Crippen LogP contribution in [0.3, 0.4) is 0 Å². The summed E-state index contributed by atoms with van der Waals surface area (Å²) in [4.78, 5) is 37.3. The number of nitrogens with one attached hydrogen (secondary N) is 2. The molecular weight excluding hydrogens is 444 g/mol. The number of alkyl carbamates (subject to hydrolysis) is 1. The first-order chi connectivity index (χ1) is 17.0. The maximum absolute atomic E-state index is 13.0. The van der Waals surface area contributed by atoms with Crippen LogP contribution in [0.1, 0.15) is 55.6 Å². The number of carbonyl (C=O) groups excluding carboxylic acids is 2. The zero-order valence-electron chi connectivity index (χ0n) is 19.7. The molecular formula is C28H32N2O5. The van der Waals surface area contributed by atoms with E-state index < -0.39 is 24.0 Å². The molecule has 0 saturated heterocycles. The number of ether oxygens (including phenoxy) is 1. The third kappa shape index (κ3) is 5.19. The molecule has 2 saturated carbocycles. The number of benzene rings is 2. The molecule has 3 N–H and O–H groups in total. The van der Waals surface area contributed by atoms with Gasteiger partial charge in [-0.3, -0.25) is 9.59 Å². The Kier molecular flexibility index (Phi) is 6.75. The number of carboxylic acid groups (broad SMARTS) is 1. The molecule has 184 valence electrons. The summed E-state index contributed by atoms with van der Waals surface area (Å²) in [5.41, 5.74) is 4.57.